The number of likely N-dealkylation sites (tertiary alicyclic amines) is 1. The number of allylic oxidation sites excluding steroid dienone is 2. The van der Waals surface area contributed by atoms with Crippen LogP contribution in [-0.2, 0) is 9.47 Å². The summed E-state index contributed by atoms with van der Waals surface area (Å²) in [6, 6.07) is 0.0977. The second kappa shape index (κ2) is 7.97. The molecule has 3 rings (SSSR count). The molecule has 0 aromatic rings. The van der Waals surface area contributed by atoms with Crippen LogP contribution in [0.5, 0.6) is 0 Å². The fourth-order valence-electron chi connectivity index (χ4n) is 3.65. The van der Waals surface area contributed by atoms with E-state index in [1.807, 2.05) is 4.90 Å². The predicted molar refractivity (Wildman–Crippen MR) is 84.7 cm³/mol. The summed E-state index contributed by atoms with van der Waals surface area (Å²) >= 11 is 0. The molecular formula is C17H28N2O3. The van der Waals surface area contributed by atoms with Crippen molar-refractivity contribution in [1.29, 1.82) is 0 Å². The number of fused-ring (bicyclic) bond motifs is 1. The van der Waals surface area contributed by atoms with Crippen molar-refractivity contribution in [3.05, 3.63) is 12.2 Å². The van der Waals surface area contributed by atoms with Crippen molar-refractivity contribution in [2.45, 2.75) is 38.2 Å². The number of hydrogen-bond acceptors (Lipinski definition) is 3. The van der Waals surface area contributed by atoms with Crippen molar-refractivity contribution in [2.24, 2.45) is 11.8 Å². The molecule has 0 saturated carbocycles. The molecule has 2 fully saturated rings. The molecule has 2 aliphatic heterocycles. The van der Waals surface area contributed by atoms with Crippen molar-refractivity contribution in [2.75, 3.05) is 39.5 Å². The Hall–Kier alpha value is -1.07. The van der Waals surface area contributed by atoms with Gasteiger partial charge in [0.15, 0.2) is 0 Å². The van der Waals surface area contributed by atoms with E-state index in [-0.39, 0.29) is 6.03 Å². The Labute approximate surface area is 133 Å². The van der Waals surface area contributed by atoms with Gasteiger partial charge in [-0.25, -0.2) is 4.79 Å². The Morgan fingerprint density at radius 1 is 1.18 bits per heavy atom. The first-order chi connectivity index (χ1) is 10.8. The monoisotopic (exact) mass is 308 g/mol. The van der Waals surface area contributed by atoms with Gasteiger partial charge in [-0.3, -0.25) is 0 Å². The minimum absolute atomic E-state index is 0.0977. The minimum atomic E-state index is 0.0977. The van der Waals surface area contributed by atoms with Gasteiger partial charge in [0, 0.05) is 39.5 Å². The van der Waals surface area contributed by atoms with Gasteiger partial charge in [0.25, 0.3) is 0 Å². The third-order valence-corrected chi connectivity index (χ3v) is 5.03. The largest absolute Gasteiger partial charge is 0.381 e. The van der Waals surface area contributed by atoms with E-state index in [0.717, 1.165) is 65.0 Å². The highest BCUT2D eigenvalue weighted by Gasteiger charge is 2.34. The van der Waals surface area contributed by atoms with E-state index in [2.05, 4.69) is 17.5 Å². The summed E-state index contributed by atoms with van der Waals surface area (Å²) in [6.45, 7) is 4.88. The molecule has 1 N–H and O–H groups in total. The van der Waals surface area contributed by atoms with Crippen LogP contribution in [0.4, 0.5) is 4.79 Å². The molecule has 0 aromatic heterocycles. The number of ether oxygens (including phenoxy) is 2. The average Bonchev–Trinajstić information content (AvgIpc) is 2.99. The molecule has 0 bridgehead atoms. The van der Waals surface area contributed by atoms with Gasteiger partial charge >= 0.3 is 6.03 Å². The van der Waals surface area contributed by atoms with Crippen LogP contribution in [0.15, 0.2) is 12.2 Å². The number of amides is 2. The third-order valence-electron chi connectivity index (χ3n) is 5.03. The summed E-state index contributed by atoms with van der Waals surface area (Å²) in [5.41, 5.74) is 0. The number of nitrogens with one attached hydrogen (secondary N) is 1. The number of urea groups is 1. The lowest BCUT2D eigenvalue weighted by molar-refractivity contribution is -0.0320. The first kappa shape index (κ1) is 15.8. The lowest BCUT2D eigenvalue weighted by Gasteiger charge is -2.22. The molecule has 0 spiro atoms. The molecular weight excluding hydrogens is 280 g/mol. The quantitative estimate of drug-likeness (QED) is 0.625. The summed E-state index contributed by atoms with van der Waals surface area (Å²) in [5, 5.41) is 3.03. The lowest BCUT2D eigenvalue weighted by atomic mass is 9.86. The van der Waals surface area contributed by atoms with Crippen LogP contribution in [-0.4, -0.2) is 56.5 Å². The van der Waals surface area contributed by atoms with E-state index < -0.39 is 0 Å². The Balaban J connectivity index is 1.27. The summed E-state index contributed by atoms with van der Waals surface area (Å²) < 4.78 is 11.1. The van der Waals surface area contributed by atoms with Crippen LogP contribution in [0.2, 0.25) is 0 Å². The van der Waals surface area contributed by atoms with Gasteiger partial charge in [-0.1, -0.05) is 12.2 Å². The van der Waals surface area contributed by atoms with Gasteiger partial charge in [0.2, 0.25) is 0 Å². The molecule has 124 valence electrons. The van der Waals surface area contributed by atoms with Crippen LogP contribution in [0, 0.1) is 11.8 Å². The Morgan fingerprint density at radius 3 is 2.55 bits per heavy atom. The Bertz CT molecular complexity index is 377. The van der Waals surface area contributed by atoms with Crippen molar-refractivity contribution in [3.63, 3.8) is 0 Å². The third kappa shape index (κ3) is 4.23. The van der Waals surface area contributed by atoms with E-state index in [1.54, 1.807) is 0 Å². The molecule has 2 atom stereocenters. The fraction of sp³-hybridized carbons (Fsp3) is 0.824. The van der Waals surface area contributed by atoms with Crippen LogP contribution in [0.3, 0.4) is 0 Å². The molecule has 2 saturated heterocycles. The standard InChI is InChI=1S/C17H28N2O3/c20-17(19-12-14-4-1-2-5-15(14)13-19)18-8-3-9-22-16-6-10-21-11-7-16/h1-2,14-16H,3-13H2,(H,18,20)/t14-,15+. The maximum atomic E-state index is 12.2. The average molecular weight is 308 g/mol. The Kier molecular flexibility index (Phi) is 5.73. The number of hydrogen-bond donors (Lipinski definition) is 1. The van der Waals surface area contributed by atoms with Gasteiger partial charge in [-0.2, -0.15) is 0 Å². The van der Waals surface area contributed by atoms with E-state index in [4.69, 9.17) is 9.47 Å². The van der Waals surface area contributed by atoms with Crippen molar-refractivity contribution in [3.8, 4) is 0 Å². The van der Waals surface area contributed by atoms with Crippen molar-refractivity contribution >= 4 is 6.03 Å². The second-order valence-corrected chi connectivity index (χ2v) is 6.64. The van der Waals surface area contributed by atoms with Gasteiger partial charge in [0.1, 0.15) is 0 Å². The first-order valence-corrected chi connectivity index (χ1v) is 8.70. The van der Waals surface area contributed by atoms with Gasteiger partial charge in [-0.15, -0.1) is 0 Å². The van der Waals surface area contributed by atoms with E-state index >= 15 is 0 Å². The summed E-state index contributed by atoms with van der Waals surface area (Å²) in [5.74, 6) is 1.35. The number of rotatable bonds is 5. The smallest absolute Gasteiger partial charge is 0.317 e. The predicted octanol–water partition coefficient (Wildman–Crippen LogP) is 2.18. The minimum Gasteiger partial charge on any atom is -0.381 e. The van der Waals surface area contributed by atoms with E-state index in [1.165, 1.54) is 0 Å². The molecule has 22 heavy (non-hydrogen) atoms. The number of carbonyl (C=O) groups is 1. The maximum Gasteiger partial charge on any atom is 0.317 e. The van der Waals surface area contributed by atoms with Gasteiger partial charge in [-0.05, 0) is 43.9 Å². The zero-order valence-corrected chi connectivity index (χ0v) is 13.3. The van der Waals surface area contributed by atoms with Crippen LogP contribution >= 0.6 is 0 Å². The second-order valence-electron chi connectivity index (χ2n) is 6.64. The summed E-state index contributed by atoms with van der Waals surface area (Å²) in [7, 11) is 0. The molecule has 2 amide bonds. The van der Waals surface area contributed by atoms with Gasteiger partial charge in [0.05, 0.1) is 6.10 Å². The summed E-state index contributed by atoms with van der Waals surface area (Å²) in [4.78, 5) is 14.2. The maximum absolute atomic E-state index is 12.2. The lowest BCUT2D eigenvalue weighted by Crippen LogP contribution is -2.39. The summed E-state index contributed by atoms with van der Waals surface area (Å²) in [6.07, 6.45) is 10.0. The van der Waals surface area contributed by atoms with Crippen LogP contribution in [0.1, 0.15) is 32.1 Å². The zero-order valence-electron chi connectivity index (χ0n) is 13.3. The fourth-order valence-corrected chi connectivity index (χ4v) is 3.65. The normalized spacial score (nSPS) is 28.6. The highest BCUT2D eigenvalue weighted by Crippen LogP contribution is 2.32. The zero-order chi connectivity index (χ0) is 15.2. The molecule has 0 unspecified atom stereocenters. The molecule has 5 heteroatoms. The highest BCUT2D eigenvalue weighted by molar-refractivity contribution is 5.74. The molecule has 1 aliphatic carbocycles. The van der Waals surface area contributed by atoms with Gasteiger partial charge < -0.3 is 19.7 Å². The first-order valence-electron chi connectivity index (χ1n) is 8.70. The molecule has 0 radical (unpaired) electrons. The van der Waals surface area contributed by atoms with E-state index in [0.29, 0.717) is 24.5 Å². The molecule has 0 aromatic carbocycles. The number of carbonyl (C=O) groups excluding carboxylic acids is 1. The van der Waals surface area contributed by atoms with E-state index in [9.17, 15) is 4.79 Å². The topological polar surface area (TPSA) is 50.8 Å². The molecule has 5 nitrogen and oxygen atoms in total. The molecule has 3 aliphatic rings. The van der Waals surface area contributed by atoms with Crippen LogP contribution < -0.4 is 5.32 Å². The SMILES string of the molecule is O=C(NCCCOC1CCOCC1)N1C[C@H]2CC=CC[C@H]2C1. The van der Waals surface area contributed by atoms with Crippen molar-refractivity contribution in [1.82, 2.24) is 10.2 Å². The van der Waals surface area contributed by atoms with Crippen molar-refractivity contribution < 1.29 is 14.3 Å². The highest BCUT2D eigenvalue weighted by atomic mass is 16.5. The Morgan fingerprint density at radius 2 is 1.86 bits per heavy atom. The van der Waals surface area contributed by atoms with Crippen LogP contribution in [0.25, 0.3) is 0 Å². The number of nitrogens with zero attached hydrogens (tertiary/aromatic N) is 1. The molecule has 2 heterocycles.